The van der Waals surface area contributed by atoms with E-state index in [0.29, 0.717) is 17.9 Å². The highest BCUT2D eigenvalue weighted by molar-refractivity contribution is 7.98. The monoisotopic (exact) mass is 303 g/mol. The van der Waals surface area contributed by atoms with Crippen LogP contribution in [0.5, 0.6) is 11.5 Å². The van der Waals surface area contributed by atoms with Gasteiger partial charge in [-0.3, -0.25) is 0 Å². The fraction of sp³-hybridized carbons (Fsp3) is 0.250. The smallest absolute Gasteiger partial charge is 0.345 e. The predicted molar refractivity (Wildman–Crippen MR) is 83.2 cm³/mol. The number of hydrogen-bond donors (Lipinski definition) is 0. The number of hydrogen-bond acceptors (Lipinski definition) is 5. The zero-order valence-electron chi connectivity index (χ0n) is 12.0. The molecule has 0 saturated carbocycles. The third kappa shape index (κ3) is 4.49. The maximum Gasteiger partial charge on any atom is 0.345 e. The van der Waals surface area contributed by atoms with Gasteiger partial charge in [-0.15, -0.1) is 11.8 Å². The van der Waals surface area contributed by atoms with Crippen molar-refractivity contribution in [2.24, 2.45) is 0 Å². The fourth-order valence-corrected chi connectivity index (χ4v) is 1.97. The first-order chi connectivity index (χ1) is 10.2. The average molecular weight is 303 g/mol. The van der Waals surface area contributed by atoms with E-state index < -0.39 is 5.97 Å². The number of aromatic nitrogens is 1. The van der Waals surface area contributed by atoms with E-state index in [-0.39, 0.29) is 0 Å². The Morgan fingerprint density at radius 1 is 1.14 bits per heavy atom. The molecule has 0 saturated heterocycles. The van der Waals surface area contributed by atoms with Crippen LogP contribution in [0.15, 0.2) is 47.6 Å². The Morgan fingerprint density at radius 2 is 1.86 bits per heavy atom. The quantitative estimate of drug-likeness (QED) is 0.461. The van der Waals surface area contributed by atoms with Gasteiger partial charge in [0.2, 0.25) is 0 Å². The number of rotatable bonds is 6. The summed E-state index contributed by atoms with van der Waals surface area (Å²) in [6.07, 6.45) is 4.41. The zero-order chi connectivity index (χ0) is 15.1. The first-order valence-corrected chi connectivity index (χ1v) is 7.90. The summed E-state index contributed by atoms with van der Waals surface area (Å²) in [7, 11) is 0. The lowest BCUT2D eigenvalue weighted by Crippen LogP contribution is -2.08. The topological polar surface area (TPSA) is 48.4 Å². The van der Waals surface area contributed by atoms with Gasteiger partial charge in [-0.2, -0.15) is 0 Å². The van der Waals surface area contributed by atoms with Crippen molar-refractivity contribution in [2.45, 2.75) is 18.4 Å². The molecule has 1 aromatic carbocycles. The van der Waals surface area contributed by atoms with E-state index in [9.17, 15) is 4.79 Å². The fourth-order valence-electron chi connectivity index (χ4n) is 1.61. The number of carbonyl (C=O) groups excluding carboxylic acids is 1. The molecule has 0 atom stereocenters. The van der Waals surface area contributed by atoms with Crippen LogP contribution in [0.4, 0.5) is 0 Å². The van der Waals surface area contributed by atoms with Gasteiger partial charge in [0.15, 0.2) is 0 Å². The van der Waals surface area contributed by atoms with Crippen LogP contribution in [0.1, 0.15) is 23.7 Å². The Kier molecular flexibility index (Phi) is 5.63. The molecule has 0 aliphatic heterocycles. The molecule has 0 N–H and O–H groups in total. The molecular formula is C16H17NO3S. The summed E-state index contributed by atoms with van der Waals surface area (Å²) in [6.45, 7) is 2.72. The van der Waals surface area contributed by atoms with E-state index in [0.717, 1.165) is 17.2 Å². The Morgan fingerprint density at radius 3 is 2.43 bits per heavy atom. The van der Waals surface area contributed by atoms with Gasteiger partial charge in [0, 0.05) is 6.20 Å². The molecule has 0 unspecified atom stereocenters. The Labute approximate surface area is 128 Å². The lowest BCUT2D eigenvalue weighted by molar-refractivity contribution is 0.0734. The van der Waals surface area contributed by atoms with E-state index in [4.69, 9.17) is 9.47 Å². The van der Waals surface area contributed by atoms with Gasteiger partial charge in [-0.05, 0) is 49.1 Å². The Balaban J connectivity index is 1.98. The van der Waals surface area contributed by atoms with Crippen molar-refractivity contribution in [3.05, 3.63) is 48.2 Å². The Hall–Kier alpha value is -2.01. The van der Waals surface area contributed by atoms with Crippen molar-refractivity contribution in [3.8, 4) is 11.5 Å². The number of benzene rings is 1. The van der Waals surface area contributed by atoms with E-state index in [1.54, 1.807) is 36.4 Å². The van der Waals surface area contributed by atoms with E-state index in [1.807, 2.05) is 13.2 Å². The molecule has 5 heteroatoms. The third-order valence-electron chi connectivity index (χ3n) is 2.69. The summed E-state index contributed by atoms with van der Waals surface area (Å²) >= 11 is 1.52. The summed E-state index contributed by atoms with van der Waals surface area (Å²) in [5.41, 5.74) is 0.430. The van der Waals surface area contributed by atoms with E-state index in [1.165, 1.54) is 18.0 Å². The molecule has 0 spiro atoms. The van der Waals surface area contributed by atoms with Crippen LogP contribution >= 0.6 is 11.8 Å². The molecule has 21 heavy (non-hydrogen) atoms. The maximum absolute atomic E-state index is 12.0. The van der Waals surface area contributed by atoms with Crippen LogP contribution in [0.25, 0.3) is 0 Å². The molecule has 0 fully saturated rings. The van der Waals surface area contributed by atoms with Crippen LogP contribution in [-0.4, -0.2) is 23.8 Å². The van der Waals surface area contributed by atoms with Crippen molar-refractivity contribution >= 4 is 17.7 Å². The number of pyridine rings is 1. The summed E-state index contributed by atoms with van der Waals surface area (Å²) in [5.74, 6) is 0.831. The number of thioether (sulfide) groups is 1. The highest BCUT2D eigenvalue weighted by atomic mass is 32.2. The van der Waals surface area contributed by atoms with Crippen LogP contribution in [0, 0.1) is 0 Å². The van der Waals surface area contributed by atoms with Gasteiger partial charge >= 0.3 is 5.97 Å². The second kappa shape index (κ2) is 7.69. The lowest BCUT2D eigenvalue weighted by Gasteiger charge is -2.07. The molecule has 110 valence electrons. The molecular weight excluding hydrogens is 286 g/mol. The minimum Gasteiger partial charge on any atom is -0.494 e. The van der Waals surface area contributed by atoms with Gasteiger partial charge in [-0.1, -0.05) is 6.92 Å². The lowest BCUT2D eigenvalue weighted by atomic mass is 10.3. The van der Waals surface area contributed by atoms with Gasteiger partial charge in [0.1, 0.15) is 11.5 Å². The predicted octanol–water partition coefficient (Wildman–Crippen LogP) is 3.81. The molecule has 0 aliphatic rings. The van der Waals surface area contributed by atoms with Crippen molar-refractivity contribution in [1.29, 1.82) is 0 Å². The van der Waals surface area contributed by atoms with Crippen molar-refractivity contribution in [3.63, 3.8) is 0 Å². The van der Waals surface area contributed by atoms with Gasteiger partial charge < -0.3 is 9.47 Å². The van der Waals surface area contributed by atoms with Crippen molar-refractivity contribution < 1.29 is 14.3 Å². The van der Waals surface area contributed by atoms with Gasteiger partial charge in [0.05, 0.1) is 17.2 Å². The summed E-state index contributed by atoms with van der Waals surface area (Å²) in [4.78, 5) is 16.1. The first kappa shape index (κ1) is 15.4. The number of nitrogens with zero attached hydrogens (tertiary/aromatic N) is 1. The molecule has 2 rings (SSSR count). The first-order valence-electron chi connectivity index (χ1n) is 6.68. The second-order valence-electron chi connectivity index (χ2n) is 4.30. The van der Waals surface area contributed by atoms with E-state index >= 15 is 0 Å². The standard InChI is InChI=1S/C16H17NO3S/c1-3-10-19-13-5-7-14(8-6-13)20-16(18)12-4-9-15(21-2)17-11-12/h4-9,11H,3,10H2,1-2H3. The normalized spacial score (nSPS) is 10.2. The maximum atomic E-state index is 12.0. The highest BCUT2D eigenvalue weighted by Crippen LogP contribution is 2.19. The number of carbonyl (C=O) groups is 1. The second-order valence-corrected chi connectivity index (χ2v) is 5.13. The van der Waals surface area contributed by atoms with Gasteiger partial charge in [-0.25, -0.2) is 9.78 Å². The van der Waals surface area contributed by atoms with Crippen LogP contribution in [0.2, 0.25) is 0 Å². The van der Waals surface area contributed by atoms with E-state index in [2.05, 4.69) is 4.98 Å². The SMILES string of the molecule is CCCOc1ccc(OC(=O)c2ccc(SC)nc2)cc1. The number of esters is 1. The Bertz CT molecular complexity index is 581. The van der Waals surface area contributed by atoms with Crippen LogP contribution in [-0.2, 0) is 0 Å². The number of ether oxygens (including phenoxy) is 2. The van der Waals surface area contributed by atoms with Crippen LogP contribution in [0.3, 0.4) is 0 Å². The van der Waals surface area contributed by atoms with Gasteiger partial charge in [0.25, 0.3) is 0 Å². The molecule has 2 aromatic rings. The summed E-state index contributed by atoms with van der Waals surface area (Å²) < 4.78 is 10.8. The van der Waals surface area contributed by atoms with Crippen LogP contribution < -0.4 is 9.47 Å². The van der Waals surface area contributed by atoms with Crippen molar-refractivity contribution in [2.75, 3.05) is 12.9 Å². The van der Waals surface area contributed by atoms with Crippen molar-refractivity contribution in [1.82, 2.24) is 4.98 Å². The molecule has 1 heterocycles. The molecule has 0 radical (unpaired) electrons. The molecule has 1 aromatic heterocycles. The highest BCUT2D eigenvalue weighted by Gasteiger charge is 2.09. The molecule has 0 amide bonds. The minimum atomic E-state index is -0.419. The molecule has 0 bridgehead atoms. The largest absolute Gasteiger partial charge is 0.494 e. The third-order valence-corrected chi connectivity index (χ3v) is 3.35. The zero-order valence-corrected chi connectivity index (χ0v) is 12.9. The summed E-state index contributed by atoms with van der Waals surface area (Å²) in [5, 5.41) is 0.865. The average Bonchev–Trinajstić information content (AvgIpc) is 2.54. The summed E-state index contributed by atoms with van der Waals surface area (Å²) in [6, 6.07) is 10.5. The molecule has 0 aliphatic carbocycles. The molecule has 4 nitrogen and oxygen atoms in total. The minimum absolute atomic E-state index is 0.419.